The highest BCUT2D eigenvalue weighted by atomic mass is 32.2. The average molecular weight is 256 g/mol. The molecule has 1 saturated heterocycles. The van der Waals surface area contributed by atoms with Crippen LogP contribution in [0.15, 0.2) is 0 Å². The van der Waals surface area contributed by atoms with Gasteiger partial charge in [-0.15, -0.1) is 0 Å². The molecule has 1 rings (SSSR count). The summed E-state index contributed by atoms with van der Waals surface area (Å²) < 4.78 is 36.6. The van der Waals surface area contributed by atoms with Crippen molar-refractivity contribution < 1.29 is 13.2 Å². The summed E-state index contributed by atoms with van der Waals surface area (Å²) >= 11 is 1.87. The Bertz CT molecular complexity index is 193. The van der Waals surface area contributed by atoms with Gasteiger partial charge in [0.2, 0.25) is 0 Å². The molecule has 2 nitrogen and oxygen atoms in total. The van der Waals surface area contributed by atoms with Crippen molar-refractivity contribution in [1.29, 1.82) is 0 Å². The molecule has 0 radical (unpaired) electrons. The summed E-state index contributed by atoms with van der Waals surface area (Å²) in [7, 11) is 0. The third kappa shape index (κ3) is 5.96. The zero-order chi connectivity index (χ0) is 12.0. The van der Waals surface area contributed by atoms with E-state index in [0.29, 0.717) is 19.1 Å². The lowest BCUT2D eigenvalue weighted by atomic mass is 10.2. The van der Waals surface area contributed by atoms with Gasteiger partial charge in [0.15, 0.2) is 0 Å². The van der Waals surface area contributed by atoms with Crippen LogP contribution >= 0.6 is 11.8 Å². The van der Waals surface area contributed by atoms with Gasteiger partial charge in [-0.05, 0) is 19.5 Å². The van der Waals surface area contributed by atoms with E-state index in [9.17, 15) is 13.2 Å². The SMILES string of the molecule is CCN(CCC1CSCCN1)CC(F)(F)F. The van der Waals surface area contributed by atoms with E-state index in [0.717, 1.165) is 24.5 Å². The van der Waals surface area contributed by atoms with Crippen LogP contribution in [0, 0.1) is 0 Å². The molecule has 1 N–H and O–H groups in total. The number of halogens is 3. The summed E-state index contributed by atoms with van der Waals surface area (Å²) in [4.78, 5) is 1.46. The van der Waals surface area contributed by atoms with E-state index >= 15 is 0 Å². The van der Waals surface area contributed by atoms with Crippen LogP contribution in [0.25, 0.3) is 0 Å². The molecule has 0 amide bonds. The predicted molar refractivity (Wildman–Crippen MR) is 61.9 cm³/mol. The Balaban J connectivity index is 2.22. The lowest BCUT2D eigenvalue weighted by molar-refractivity contribution is -0.145. The van der Waals surface area contributed by atoms with Gasteiger partial charge in [-0.1, -0.05) is 6.92 Å². The fourth-order valence-electron chi connectivity index (χ4n) is 1.75. The second-order valence-electron chi connectivity index (χ2n) is 4.00. The summed E-state index contributed by atoms with van der Waals surface area (Å²) in [5.74, 6) is 2.13. The van der Waals surface area contributed by atoms with Gasteiger partial charge in [-0.3, -0.25) is 4.90 Å². The minimum atomic E-state index is -4.08. The van der Waals surface area contributed by atoms with Gasteiger partial charge in [-0.25, -0.2) is 0 Å². The monoisotopic (exact) mass is 256 g/mol. The number of nitrogens with zero attached hydrogens (tertiary/aromatic N) is 1. The number of hydrogen-bond donors (Lipinski definition) is 1. The van der Waals surface area contributed by atoms with Crippen LogP contribution in [0.3, 0.4) is 0 Å². The fraction of sp³-hybridized carbons (Fsp3) is 1.00. The molecule has 0 aromatic rings. The van der Waals surface area contributed by atoms with Gasteiger partial charge in [0, 0.05) is 24.1 Å². The molecular formula is C10H19F3N2S. The van der Waals surface area contributed by atoms with Crippen LogP contribution < -0.4 is 5.32 Å². The molecule has 1 atom stereocenters. The summed E-state index contributed by atoms with van der Waals surface area (Å²) in [5.41, 5.74) is 0. The zero-order valence-electron chi connectivity index (χ0n) is 9.52. The summed E-state index contributed by atoms with van der Waals surface area (Å²) in [5, 5.41) is 3.33. The molecule has 0 aliphatic carbocycles. The van der Waals surface area contributed by atoms with Crippen LogP contribution in [0.5, 0.6) is 0 Å². The molecule has 6 heteroatoms. The Labute approximate surface area is 98.9 Å². The number of alkyl halides is 3. The molecule has 16 heavy (non-hydrogen) atoms. The van der Waals surface area contributed by atoms with Crippen LogP contribution in [0.4, 0.5) is 13.2 Å². The Kier molecular flexibility index (Phi) is 5.92. The van der Waals surface area contributed by atoms with Crippen LogP contribution in [0.1, 0.15) is 13.3 Å². The molecule has 1 unspecified atom stereocenters. The van der Waals surface area contributed by atoms with E-state index in [2.05, 4.69) is 5.32 Å². The highest BCUT2D eigenvalue weighted by Crippen LogP contribution is 2.17. The Morgan fingerprint density at radius 2 is 2.19 bits per heavy atom. The standard InChI is InChI=1S/C10H19F3N2S/c1-2-15(8-10(11,12)13)5-3-9-7-16-6-4-14-9/h9,14H,2-8H2,1H3. The molecule has 1 aliphatic rings. The van der Waals surface area contributed by atoms with Crippen LogP contribution in [-0.2, 0) is 0 Å². The number of nitrogens with one attached hydrogen (secondary N) is 1. The molecule has 0 saturated carbocycles. The average Bonchev–Trinajstić information content (AvgIpc) is 2.24. The van der Waals surface area contributed by atoms with Gasteiger partial charge in [0.05, 0.1) is 6.54 Å². The first-order chi connectivity index (χ1) is 7.51. The molecule has 96 valence electrons. The summed E-state index contributed by atoms with van der Waals surface area (Å²) in [6.45, 7) is 2.94. The smallest absolute Gasteiger partial charge is 0.312 e. The van der Waals surface area contributed by atoms with Gasteiger partial charge in [0.1, 0.15) is 0 Å². The predicted octanol–water partition coefficient (Wildman–Crippen LogP) is 1.97. The molecular weight excluding hydrogens is 237 g/mol. The maximum atomic E-state index is 12.2. The van der Waals surface area contributed by atoms with Crippen molar-refractivity contribution in [3.63, 3.8) is 0 Å². The minimum Gasteiger partial charge on any atom is -0.312 e. The van der Waals surface area contributed by atoms with Crippen molar-refractivity contribution in [3.05, 3.63) is 0 Å². The number of rotatable bonds is 5. The lowest BCUT2D eigenvalue weighted by Crippen LogP contribution is -2.42. The van der Waals surface area contributed by atoms with Gasteiger partial charge < -0.3 is 5.32 Å². The molecule has 0 bridgehead atoms. The largest absolute Gasteiger partial charge is 0.401 e. The van der Waals surface area contributed by atoms with Crippen molar-refractivity contribution in [2.45, 2.75) is 25.6 Å². The first-order valence-electron chi connectivity index (χ1n) is 5.61. The Morgan fingerprint density at radius 1 is 1.44 bits per heavy atom. The maximum absolute atomic E-state index is 12.2. The maximum Gasteiger partial charge on any atom is 0.401 e. The molecule has 0 aromatic heterocycles. The van der Waals surface area contributed by atoms with Crippen LogP contribution in [-0.4, -0.2) is 54.8 Å². The fourth-order valence-corrected chi connectivity index (χ4v) is 2.74. The molecule has 1 heterocycles. The third-order valence-corrected chi connectivity index (χ3v) is 3.77. The van der Waals surface area contributed by atoms with Gasteiger partial charge in [0.25, 0.3) is 0 Å². The summed E-state index contributed by atoms with van der Waals surface area (Å²) in [6, 6.07) is 0.376. The van der Waals surface area contributed by atoms with E-state index in [4.69, 9.17) is 0 Å². The summed E-state index contributed by atoms with van der Waals surface area (Å²) in [6.07, 6.45) is -3.28. The molecule has 1 aliphatic heterocycles. The van der Waals surface area contributed by atoms with Crippen molar-refractivity contribution in [3.8, 4) is 0 Å². The Hall–Kier alpha value is 0.0600. The van der Waals surface area contributed by atoms with Gasteiger partial charge >= 0.3 is 6.18 Å². The van der Waals surface area contributed by atoms with Crippen molar-refractivity contribution in [2.75, 3.05) is 37.7 Å². The van der Waals surface area contributed by atoms with E-state index in [1.54, 1.807) is 6.92 Å². The number of thioether (sulfide) groups is 1. The zero-order valence-corrected chi connectivity index (χ0v) is 10.3. The quantitative estimate of drug-likeness (QED) is 0.809. The van der Waals surface area contributed by atoms with E-state index in [-0.39, 0.29) is 0 Å². The second kappa shape index (κ2) is 6.71. The topological polar surface area (TPSA) is 15.3 Å². The van der Waals surface area contributed by atoms with E-state index in [1.807, 2.05) is 11.8 Å². The molecule has 1 fully saturated rings. The van der Waals surface area contributed by atoms with E-state index in [1.165, 1.54) is 4.90 Å². The van der Waals surface area contributed by atoms with Crippen molar-refractivity contribution in [1.82, 2.24) is 10.2 Å². The highest BCUT2D eigenvalue weighted by Gasteiger charge is 2.30. The second-order valence-corrected chi connectivity index (χ2v) is 5.15. The molecule has 0 spiro atoms. The Morgan fingerprint density at radius 3 is 2.69 bits per heavy atom. The molecule has 0 aromatic carbocycles. The first kappa shape index (κ1) is 14.1. The van der Waals surface area contributed by atoms with E-state index < -0.39 is 12.7 Å². The first-order valence-corrected chi connectivity index (χ1v) is 6.77. The normalized spacial score (nSPS) is 22.7. The highest BCUT2D eigenvalue weighted by molar-refractivity contribution is 7.99. The van der Waals surface area contributed by atoms with Crippen LogP contribution in [0.2, 0.25) is 0 Å². The third-order valence-electron chi connectivity index (χ3n) is 2.64. The van der Waals surface area contributed by atoms with Crippen molar-refractivity contribution >= 4 is 11.8 Å². The van der Waals surface area contributed by atoms with Gasteiger partial charge in [-0.2, -0.15) is 24.9 Å². The minimum absolute atomic E-state index is 0.376. The number of hydrogen-bond acceptors (Lipinski definition) is 3. The lowest BCUT2D eigenvalue weighted by Gasteiger charge is -2.27. The van der Waals surface area contributed by atoms with Crippen molar-refractivity contribution in [2.24, 2.45) is 0 Å².